The zero-order valence-corrected chi connectivity index (χ0v) is 12.7. The minimum absolute atomic E-state index is 0.0692. The molecule has 4 atom stereocenters. The molecule has 3 aliphatic heterocycles. The molecule has 7 nitrogen and oxygen atoms in total. The summed E-state index contributed by atoms with van der Waals surface area (Å²) in [4.78, 5) is 27.1. The summed E-state index contributed by atoms with van der Waals surface area (Å²) in [6, 6.07) is 2.00. The molecule has 4 heterocycles. The number of rotatable bonds is 3. The number of carbonyl (C=O) groups excluding carboxylic acids is 2. The lowest BCUT2D eigenvalue weighted by atomic mass is 9.77. The first-order chi connectivity index (χ1) is 11.1. The molecule has 1 N–H and O–H groups in total. The number of hydrogen-bond donors (Lipinski definition) is 1. The second-order valence-corrected chi connectivity index (χ2v) is 6.90. The first kappa shape index (κ1) is 13.3. The van der Waals surface area contributed by atoms with Gasteiger partial charge in [-0.2, -0.15) is 0 Å². The van der Waals surface area contributed by atoms with Gasteiger partial charge in [-0.3, -0.25) is 14.5 Å². The highest BCUT2D eigenvalue weighted by molar-refractivity contribution is 6.02. The van der Waals surface area contributed by atoms with Gasteiger partial charge in [0.15, 0.2) is 5.82 Å². The van der Waals surface area contributed by atoms with Gasteiger partial charge in [0.2, 0.25) is 11.8 Å². The van der Waals surface area contributed by atoms with Crippen molar-refractivity contribution in [3.63, 3.8) is 0 Å². The van der Waals surface area contributed by atoms with E-state index >= 15 is 0 Å². The van der Waals surface area contributed by atoms with Crippen molar-refractivity contribution < 1.29 is 18.8 Å². The molecule has 1 saturated carbocycles. The Kier molecular flexibility index (Phi) is 2.44. The van der Waals surface area contributed by atoms with Crippen LogP contribution in [-0.4, -0.2) is 41.3 Å². The lowest BCUT2D eigenvalue weighted by molar-refractivity contribution is -0.132. The number of nitrogens with zero attached hydrogens (tertiary/aromatic N) is 2. The van der Waals surface area contributed by atoms with E-state index in [9.17, 15) is 9.59 Å². The molecule has 1 spiro atoms. The Morgan fingerprint density at radius 2 is 2.30 bits per heavy atom. The van der Waals surface area contributed by atoms with Crippen molar-refractivity contribution in [1.29, 1.82) is 0 Å². The molecule has 1 aromatic heterocycles. The smallest absolute Gasteiger partial charge is 0.235 e. The van der Waals surface area contributed by atoms with E-state index in [0.29, 0.717) is 18.1 Å². The number of hydrogen-bond acceptors (Lipinski definition) is 5. The minimum atomic E-state index is -0.708. The Labute approximate surface area is 132 Å². The van der Waals surface area contributed by atoms with Crippen LogP contribution in [0.15, 0.2) is 22.7 Å². The number of aryl methyl sites for hydroxylation is 1. The molecule has 5 rings (SSSR count). The maximum atomic E-state index is 12.9. The third-order valence-electron chi connectivity index (χ3n) is 5.22. The SMILES string of the molecule is Cc1cc(N2CC34C=C[C@@H](O3)C(C(=O)NC3CC3)C4C2=O)no1. The van der Waals surface area contributed by atoms with Crippen LogP contribution in [0.2, 0.25) is 0 Å². The highest BCUT2D eigenvalue weighted by Crippen LogP contribution is 2.52. The second-order valence-electron chi connectivity index (χ2n) is 6.90. The van der Waals surface area contributed by atoms with E-state index in [0.717, 1.165) is 12.8 Å². The fourth-order valence-electron chi connectivity index (χ4n) is 4.00. The number of nitrogens with one attached hydrogen (secondary N) is 1. The summed E-state index contributed by atoms with van der Waals surface area (Å²) in [6.07, 6.45) is 5.60. The van der Waals surface area contributed by atoms with Gasteiger partial charge in [0, 0.05) is 12.1 Å². The van der Waals surface area contributed by atoms with E-state index in [1.807, 2.05) is 12.2 Å². The Balaban J connectivity index is 1.48. The number of anilines is 1. The van der Waals surface area contributed by atoms with Crippen LogP contribution in [0.1, 0.15) is 18.6 Å². The first-order valence-electron chi connectivity index (χ1n) is 8.00. The summed E-state index contributed by atoms with van der Waals surface area (Å²) < 4.78 is 11.1. The summed E-state index contributed by atoms with van der Waals surface area (Å²) in [5.41, 5.74) is -0.708. The van der Waals surface area contributed by atoms with Crippen molar-refractivity contribution in [2.75, 3.05) is 11.4 Å². The molecule has 2 bridgehead atoms. The molecule has 120 valence electrons. The van der Waals surface area contributed by atoms with Crippen LogP contribution in [0.5, 0.6) is 0 Å². The van der Waals surface area contributed by atoms with Crippen LogP contribution in [0, 0.1) is 18.8 Å². The first-order valence-corrected chi connectivity index (χ1v) is 8.00. The van der Waals surface area contributed by atoms with Gasteiger partial charge in [0.25, 0.3) is 0 Å². The van der Waals surface area contributed by atoms with Gasteiger partial charge in [0.05, 0.1) is 24.5 Å². The molecule has 2 amide bonds. The summed E-state index contributed by atoms with van der Waals surface area (Å²) in [5.74, 6) is 0.0185. The van der Waals surface area contributed by atoms with Crippen molar-refractivity contribution in [1.82, 2.24) is 10.5 Å². The monoisotopic (exact) mass is 315 g/mol. The predicted molar refractivity (Wildman–Crippen MR) is 78.5 cm³/mol. The average Bonchev–Trinajstić information content (AvgIpc) is 2.87. The molecular weight excluding hydrogens is 298 g/mol. The minimum Gasteiger partial charge on any atom is -0.360 e. The summed E-state index contributed by atoms with van der Waals surface area (Å²) >= 11 is 0. The van der Waals surface area contributed by atoms with Crippen LogP contribution in [0.4, 0.5) is 5.82 Å². The van der Waals surface area contributed by atoms with Gasteiger partial charge in [-0.05, 0) is 19.8 Å². The number of aromatic nitrogens is 1. The van der Waals surface area contributed by atoms with Crippen LogP contribution in [-0.2, 0) is 14.3 Å². The van der Waals surface area contributed by atoms with Gasteiger partial charge in [-0.15, -0.1) is 0 Å². The Hall–Kier alpha value is -2.15. The van der Waals surface area contributed by atoms with Crippen LogP contribution in [0.25, 0.3) is 0 Å². The molecule has 3 fully saturated rings. The van der Waals surface area contributed by atoms with Gasteiger partial charge < -0.3 is 14.6 Å². The summed E-state index contributed by atoms with van der Waals surface area (Å²) in [5, 5.41) is 6.94. The molecule has 0 radical (unpaired) electrons. The summed E-state index contributed by atoms with van der Waals surface area (Å²) in [7, 11) is 0. The van der Waals surface area contributed by atoms with E-state index in [-0.39, 0.29) is 24.0 Å². The average molecular weight is 315 g/mol. The van der Waals surface area contributed by atoms with Crippen LogP contribution < -0.4 is 10.2 Å². The van der Waals surface area contributed by atoms with E-state index in [1.165, 1.54) is 0 Å². The van der Waals surface area contributed by atoms with Crippen LogP contribution >= 0.6 is 0 Å². The zero-order valence-electron chi connectivity index (χ0n) is 12.7. The van der Waals surface area contributed by atoms with Gasteiger partial charge in [-0.1, -0.05) is 17.3 Å². The largest absolute Gasteiger partial charge is 0.360 e. The number of fused-ring (bicyclic) bond motifs is 1. The maximum absolute atomic E-state index is 12.9. The maximum Gasteiger partial charge on any atom is 0.235 e. The standard InChI is InChI=1S/C16H17N3O4/c1-8-6-11(18-23-8)19-7-16-5-4-10(22-16)12(13(16)15(19)21)14(20)17-9-2-3-9/h4-6,9-10,12-13H,2-3,7H2,1H3,(H,17,20)/t10-,12?,13?,16?/m1/s1. The zero-order chi connectivity index (χ0) is 15.8. The number of amides is 2. The molecular formula is C16H17N3O4. The topological polar surface area (TPSA) is 84.7 Å². The fraction of sp³-hybridized carbons (Fsp3) is 0.562. The van der Waals surface area contributed by atoms with Crippen molar-refractivity contribution in [2.24, 2.45) is 11.8 Å². The molecule has 23 heavy (non-hydrogen) atoms. The molecule has 4 aliphatic rings. The van der Waals surface area contributed by atoms with Crippen molar-refractivity contribution >= 4 is 17.6 Å². The Morgan fingerprint density at radius 3 is 3.00 bits per heavy atom. The third-order valence-corrected chi connectivity index (χ3v) is 5.22. The van der Waals surface area contributed by atoms with Crippen molar-refractivity contribution in [2.45, 2.75) is 37.5 Å². The Morgan fingerprint density at radius 1 is 1.48 bits per heavy atom. The lowest BCUT2D eigenvalue weighted by Crippen LogP contribution is -2.44. The molecule has 2 saturated heterocycles. The van der Waals surface area contributed by atoms with E-state index < -0.39 is 17.4 Å². The van der Waals surface area contributed by atoms with Crippen molar-refractivity contribution in [3.05, 3.63) is 24.0 Å². The van der Waals surface area contributed by atoms with Gasteiger partial charge in [-0.25, -0.2) is 0 Å². The molecule has 7 heteroatoms. The van der Waals surface area contributed by atoms with Gasteiger partial charge in [0.1, 0.15) is 11.4 Å². The third kappa shape index (κ3) is 1.77. The van der Waals surface area contributed by atoms with E-state index in [4.69, 9.17) is 9.26 Å². The highest BCUT2D eigenvalue weighted by Gasteiger charge is 2.67. The number of ether oxygens (including phenoxy) is 1. The summed E-state index contributed by atoms with van der Waals surface area (Å²) in [6.45, 7) is 2.16. The highest BCUT2D eigenvalue weighted by atomic mass is 16.5. The van der Waals surface area contributed by atoms with E-state index in [1.54, 1.807) is 17.9 Å². The molecule has 1 aromatic rings. The Bertz CT molecular complexity index is 737. The lowest BCUT2D eigenvalue weighted by Gasteiger charge is -2.23. The molecule has 3 unspecified atom stereocenters. The van der Waals surface area contributed by atoms with E-state index in [2.05, 4.69) is 10.5 Å². The fourth-order valence-corrected chi connectivity index (χ4v) is 4.00. The van der Waals surface area contributed by atoms with Crippen LogP contribution in [0.3, 0.4) is 0 Å². The quantitative estimate of drug-likeness (QED) is 0.823. The number of carbonyl (C=O) groups is 2. The predicted octanol–water partition coefficient (Wildman–Crippen LogP) is 0.548. The van der Waals surface area contributed by atoms with Crippen molar-refractivity contribution in [3.8, 4) is 0 Å². The molecule has 0 aromatic carbocycles. The van der Waals surface area contributed by atoms with Gasteiger partial charge >= 0.3 is 0 Å². The molecule has 1 aliphatic carbocycles. The second kappa shape index (κ2) is 4.23. The normalized spacial score (nSPS) is 37.5.